The molecule has 0 bridgehead atoms. The molecular formula is C43H68N6O10. The zero-order valence-corrected chi connectivity index (χ0v) is 35.6. The van der Waals surface area contributed by atoms with Crippen LogP contribution in [-0.4, -0.2) is 108 Å². The SMILES string of the molecule is CCCCCC[C@H]1OC[C@@H](C)NC(=O)[C@H](CC(=O)O)NC(=O)[C@H](CNC(=O)OCc2ccccc2)NC(=O)[C@H](C2CCCCCC2)NC(=O)[C@H](CCC)N(C)C(=O)[C@@H]1C. The summed E-state index contributed by atoms with van der Waals surface area (Å²) in [6.45, 7) is 6.86. The van der Waals surface area contributed by atoms with Crippen LogP contribution in [0.25, 0.3) is 0 Å². The number of unbranched alkanes of at least 4 members (excludes halogenated alkanes) is 3. The van der Waals surface area contributed by atoms with E-state index < -0.39 is 90.9 Å². The number of nitrogens with one attached hydrogen (secondary N) is 5. The fourth-order valence-electron chi connectivity index (χ4n) is 7.69. The number of aliphatic carboxylic acids is 1. The third-order valence-electron chi connectivity index (χ3n) is 11.2. The highest BCUT2D eigenvalue weighted by molar-refractivity contribution is 5.96. The molecule has 1 aromatic carbocycles. The second-order valence-corrected chi connectivity index (χ2v) is 16.1. The molecule has 1 aromatic rings. The molecule has 1 heterocycles. The van der Waals surface area contributed by atoms with Crippen LogP contribution in [0.2, 0.25) is 0 Å². The number of ether oxygens (including phenoxy) is 2. The van der Waals surface area contributed by atoms with E-state index in [9.17, 15) is 38.7 Å². The molecule has 2 aliphatic rings. The molecule has 330 valence electrons. The zero-order chi connectivity index (χ0) is 43.3. The van der Waals surface area contributed by atoms with Gasteiger partial charge in [0.15, 0.2) is 0 Å². The number of nitrogens with zero attached hydrogens (tertiary/aromatic N) is 1. The lowest BCUT2D eigenvalue weighted by Crippen LogP contribution is -2.62. The van der Waals surface area contributed by atoms with Gasteiger partial charge in [0.25, 0.3) is 0 Å². The molecule has 2 fully saturated rings. The number of carboxylic acids is 1. The Hall–Kier alpha value is -4.73. The lowest BCUT2D eigenvalue weighted by Gasteiger charge is -2.34. The van der Waals surface area contributed by atoms with Gasteiger partial charge >= 0.3 is 12.1 Å². The summed E-state index contributed by atoms with van der Waals surface area (Å²) in [4.78, 5) is 96.7. The van der Waals surface area contributed by atoms with Gasteiger partial charge in [0, 0.05) is 13.1 Å². The van der Waals surface area contributed by atoms with Crippen LogP contribution in [0.5, 0.6) is 0 Å². The molecule has 16 nitrogen and oxygen atoms in total. The number of hydrogen-bond donors (Lipinski definition) is 6. The third-order valence-corrected chi connectivity index (χ3v) is 11.2. The van der Waals surface area contributed by atoms with Crippen molar-refractivity contribution in [2.75, 3.05) is 20.2 Å². The van der Waals surface area contributed by atoms with E-state index >= 15 is 0 Å². The van der Waals surface area contributed by atoms with Gasteiger partial charge in [-0.2, -0.15) is 0 Å². The average molecular weight is 829 g/mol. The summed E-state index contributed by atoms with van der Waals surface area (Å²) in [6.07, 6.45) is 7.81. The second kappa shape index (κ2) is 25.7. The first kappa shape index (κ1) is 48.6. The van der Waals surface area contributed by atoms with Crippen molar-refractivity contribution in [2.24, 2.45) is 11.8 Å². The minimum atomic E-state index is -1.57. The average Bonchev–Trinajstić information content (AvgIpc) is 3.50. The highest BCUT2D eigenvalue weighted by atomic mass is 16.5. The largest absolute Gasteiger partial charge is 0.481 e. The fraction of sp³-hybridized carbons (Fsp3) is 0.698. The number of rotatable bonds is 14. The second-order valence-electron chi connectivity index (χ2n) is 16.1. The van der Waals surface area contributed by atoms with Crippen LogP contribution in [0.15, 0.2) is 30.3 Å². The summed E-state index contributed by atoms with van der Waals surface area (Å²) in [6, 6.07) is 3.15. The number of carbonyl (C=O) groups is 7. The molecule has 59 heavy (non-hydrogen) atoms. The van der Waals surface area contributed by atoms with E-state index in [2.05, 4.69) is 33.5 Å². The maximum atomic E-state index is 14.4. The van der Waals surface area contributed by atoms with Crippen molar-refractivity contribution in [3.05, 3.63) is 35.9 Å². The van der Waals surface area contributed by atoms with Gasteiger partial charge in [-0.15, -0.1) is 0 Å². The minimum absolute atomic E-state index is 0.0190. The summed E-state index contributed by atoms with van der Waals surface area (Å²) in [7, 11) is 1.59. The monoisotopic (exact) mass is 828 g/mol. The van der Waals surface area contributed by atoms with E-state index in [0.29, 0.717) is 32.1 Å². The Morgan fingerprint density at radius 1 is 0.814 bits per heavy atom. The highest BCUT2D eigenvalue weighted by Gasteiger charge is 2.39. The summed E-state index contributed by atoms with van der Waals surface area (Å²) in [5, 5.41) is 23.1. The maximum absolute atomic E-state index is 14.4. The zero-order valence-electron chi connectivity index (χ0n) is 35.6. The number of carboxylic acid groups (broad SMARTS) is 1. The van der Waals surface area contributed by atoms with Crippen LogP contribution < -0.4 is 26.6 Å². The van der Waals surface area contributed by atoms with Crippen LogP contribution >= 0.6 is 0 Å². The number of likely N-dealkylation sites (N-methyl/N-ethyl adjacent to an activating group) is 1. The first-order valence-corrected chi connectivity index (χ1v) is 21.5. The normalized spacial score (nSPS) is 26.2. The molecular weight excluding hydrogens is 761 g/mol. The van der Waals surface area contributed by atoms with Crippen LogP contribution in [0, 0.1) is 11.8 Å². The van der Waals surface area contributed by atoms with Crippen LogP contribution in [0.3, 0.4) is 0 Å². The Balaban J connectivity index is 2.03. The third kappa shape index (κ3) is 16.4. The Labute approximate surface area is 349 Å². The number of carbonyl (C=O) groups excluding carboxylic acids is 6. The van der Waals surface area contributed by atoms with Gasteiger partial charge < -0.3 is 46.1 Å². The van der Waals surface area contributed by atoms with Gasteiger partial charge in [-0.25, -0.2) is 4.79 Å². The van der Waals surface area contributed by atoms with E-state index in [0.717, 1.165) is 56.9 Å². The number of alkyl carbamates (subject to hydrolysis) is 1. The Kier molecular flexibility index (Phi) is 21.2. The standard InChI is InChI=1S/C43H68N6O10/c1-6-8-9-17-23-35-29(4)42(56)49(5)34(18-7-2)40(54)48-37(31-21-15-10-11-16-22-31)41(55)47-33(25-44-43(57)59-27-30-19-13-12-14-20-30)39(53)46-32(24-36(50)51)38(52)45-28(3)26-58-35/h12-14,19-20,28-29,31-35,37H,6-11,15-18,21-27H2,1-5H3,(H,44,57)(H,45,52)(H,46,53)(H,47,55)(H,48,54)(H,50,51)/t28-,29-,32+,33+,34+,35-,37+/m1/s1. The molecule has 1 saturated carbocycles. The van der Waals surface area contributed by atoms with Gasteiger partial charge in [-0.1, -0.05) is 109 Å². The Morgan fingerprint density at radius 3 is 2.12 bits per heavy atom. The summed E-state index contributed by atoms with van der Waals surface area (Å²) in [5.74, 6) is -5.58. The van der Waals surface area contributed by atoms with Crippen LogP contribution in [0.4, 0.5) is 4.79 Å². The van der Waals surface area contributed by atoms with Crippen molar-refractivity contribution in [3.63, 3.8) is 0 Å². The smallest absolute Gasteiger partial charge is 0.407 e. The van der Waals surface area contributed by atoms with Crippen molar-refractivity contribution >= 4 is 41.6 Å². The summed E-state index contributed by atoms with van der Waals surface area (Å²) < 4.78 is 11.6. The van der Waals surface area contributed by atoms with Crippen molar-refractivity contribution in [1.82, 2.24) is 31.5 Å². The molecule has 0 radical (unpaired) electrons. The first-order valence-electron chi connectivity index (χ1n) is 21.5. The van der Waals surface area contributed by atoms with Crippen molar-refractivity contribution < 1.29 is 48.1 Å². The van der Waals surface area contributed by atoms with Crippen molar-refractivity contribution in [1.29, 1.82) is 0 Å². The lowest BCUT2D eigenvalue weighted by atomic mass is 9.90. The van der Waals surface area contributed by atoms with Crippen LogP contribution in [-0.2, 0) is 44.8 Å². The Morgan fingerprint density at radius 2 is 1.47 bits per heavy atom. The molecule has 0 unspecified atom stereocenters. The van der Waals surface area contributed by atoms with Crippen molar-refractivity contribution in [3.8, 4) is 0 Å². The Bertz CT molecular complexity index is 1520. The molecule has 16 heteroatoms. The molecule has 3 rings (SSSR count). The number of benzene rings is 1. The highest BCUT2D eigenvalue weighted by Crippen LogP contribution is 2.27. The molecule has 1 aliphatic carbocycles. The van der Waals surface area contributed by atoms with Gasteiger partial charge in [0.05, 0.1) is 31.6 Å². The molecule has 0 aromatic heterocycles. The number of hydrogen-bond acceptors (Lipinski definition) is 9. The van der Waals surface area contributed by atoms with Gasteiger partial charge in [0.1, 0.15) is 30.8 Å². The molecule has 6 amide bonds. The molecule has 0 spiro atoms. The maximum Gasteiger partial charge on any atom is 0.407 e. The summed E-state index contributed by atoms with van der Waals surface area (Å²) in [5.41, 5.74) is 0.718. The first-order chi connectivity index (χ1) is 28.2. The molecule has 7 atom stereocenters. The minimum Gasteiger partial charge on any atom is -0.481 e. The van der Waals surface area contributed by atoms with E-state index in [1.165, 1.54) is 4.90 Å². The lowest BCUT2D eigenvalue weighted by molar-refractivity contribution is -0.147. The topological polar surface area (TPSA) is 222 Å². The predicted molar refractivity (Wildman–Crippen MR) is 221 cm³/mol. The van der Waals surface area contributed by atoms with E-state index in [-0.39, 0.29) is 25.0 Å². The van der Waals surface area contributed by atoms with E-state index in [1.807, 2.05) is 13.0 Å². The van der Waals surface area contributed by atoms with Gasteiger partial charge in [-0.3, -0.25) is 28.8 Å². The molecule has 1 aliphatic heterocycles. The van der Waals surface area contributed by atoms with Crippen LogP contribution in [0.1, 0.15) is 123 Å². The van der Waals surface area contributed by atoms with E-state index in [1.54, 1.807) is 45.2 Å². The fourth-order valence-corrected chi connectivity index (χ4v) is 7.69. The predicted octanol–water partition coefficient (Wildman–Crippen LogP) is 3.95. The van der Waals surface area contributed by atoms with Gasteiger partial charge in [0.2, 0.25) is 29.5 Å². The van der Waals surface area contributed by atoms with E-state index in [4.69, 9.17) is 9.47 Å². The van der Waals surface area contributed by atoms with Crippen molar-refractivity contribution in [2.45, 2.75) is 161 Å². The molecule has 1 saturated heterocycles. The summed E-state index contributed by atoms with van der Waals surface area (Å²) >= 11 is 0. The number of amides is 6. The quantitative estimate of drug-likeness (QED) is 0.117. The van der Waals surface area contributed by atoms with Gasteiger partial charge in [-0.05, 0) is 44.1 Å². The molecule has 6 N–H and O–H groups in total.